The van der Waals surface area contributed by atoms with E-state index in [0.717, 1.165) is 0 Å². The second-order valence-corrected chi connectivity index (χ2v) is 5.70. The van der Waals surface area contributed by atoms with Gasteiger partial charge in [0.15, 0.2) is 0 Å². The second kappa shape index (κ2) is 9.07. The Morgan fingerprint density at radius 3 is 2.81 bits per heavy atom. The Hall–Kier alpha value is -2.78. The fourth-order valence-electron chi connectivity index (χ4n) is 2.12. The SMILES string of the molecule is COCCNC(=O)Cn1cc(NC(=O)c2cc(Cl)c(N)cc2OC)cn1. The van der Waals surface area contributed by atoms with Gasteiger partial charge in [0.1, 0.15) is 12.3 Å². The molecule has 0 unspecified atom stereocenters. The van der Waals surface area contributed by atoms with Crippen LogP contribution in [0.4, 0.5) is 11.4 Å². The molecule has 10 heteroatoms. The number of hydrogen-bond acceptors (Lipinski definition) is 6. The quantitative estimate of drug-likeness (QED) is 0.466. The maximum Gasteiger partial charge on any atom is 0.259 e. The maximum atomic E-state index is 12.4. The number of aromatic nitrogens is 2. The van der Waals surface area contributed by atoms with E-state index in [1.165, 1.54) is 30.1 Å². The van der Waals surface area contributed by atoms with E-state index in [4.69, 9.17) is 26.8 Å². The summed E-state index contributed by atoms with van der Waals surface area (Å²) in [4.78, 5) is 24.2. The van der Waals surface area contributed by atoms with Crippen LogP contribution in [0.1, 0.15) is 10.4 Å². The molecule has 0 bridgehead atoms. The summed E-state index contributed by atoms with van der Waals surface area (Å²) >= 11 is 5.97. The first-order valence-electron chi connectivity index (χ1n) is 7.67. The van der Waals surface area contributed by atoms with Crippen molar-refractivity contribution in [2.45, 2.75) is 6.54 Å². The van der Waals surface area contributed by atoms with Gasteiger partial charge in [0.2, 0.25) is 5.91 Å². The van der Waals surface area contributed by atoms with E-state index in [-0.39, 0.29) is 23.0 Å². The molecule has 0 radical (unpaired) electrons. The summed E-state index contributed by atoms with van der Waals surface area (Å²) in [5, 5.41) is 9.64. The second-order valence-electron chi connectivity index (χ2n) is 5.30. The molecule has 0 aliphatic carbocycles. The van der Waals surface area contributed by atoms with Crippen molar-refractivity contribution >= 4 is 34.8 Å². The Balaban J connectivity index is 2.01. The van der Waals surface area contributed by atoms with Crippen molar-refractivity contribution in [3.8, 4) is 5.75 Å². The predicted molar refractivity (Wildman–Crippen MR) is 97.5 cm³/mol. The summed E-state index contributed by atoms with van der Waals surface area (Å²) in [6.45, 7) is 0.868. The highest BCUT2D eigenvalue weighted by atomic mass is 35.5. The standard InChI is InChI=1S/C16H20ClN5O4/c1-25-4-3-19-15(23)9-22-8-10(7-20-22)21-16(24)11-5-12(17)13(18)6-14(11)26-2/h5-8H,3-4,9,18H2,1-2H3,(H,19,23)(H,21,24). The van der Waals surface area contributed by atoms with Crippen molar-refractivity contribution in [3.05, 3.63) is 35.1 Å². The minimum Gasteiger partial charge on any atom is -0.496 e. The molecule has 4 N–H and O–H groups in total. The number of methoxy groups -OCH3 is 2. The molecule has 2 rings (SSSR count). The smallest absolute Gasteiger partial charge is 0.259 e. The zero-order valence-corrected chi connectivity index (χ0v) is 15.2. The molecule has 0 saturated carbocycles. The molecule has 26 heavy (non-hydrogen) atoms. The zero-order chi connectivity index (χ0) is 19.1. The average Bonchev–Trinajstić information content (AvgIpc) is 3.03. The van der Waals surface area contributed by atoms with Crippen molar-refractivity contribution in [2.75, 3.05) is 38.4 Å². The van der Waals surface area contributed by atoms with E-state index in [1.807, 2.05) is 0 Å². The number of carbonyl (C=O) groups is 2. The fourth-order valence-corrected chi connectivity index (χ4v) is 2.29. The van der Waals surface area contributed by atoms with Crippen LogP contribution in [0.5, 0.6) is 5.75 Å². The van der Waals surface area contributed by atoms with Crippen LogP contribution in [0.15, 0.2) is 24.5 Å². The van der Waals surface area contributed by atoms with Crippen molar-refractivity contribution in [1.82, 2.24) is 15.1 Å². The molecule has 0 saturated heterocycles. The van der Waals surface area contributed by atoms with Crippen LogP contribution >= 0.6 is 11.6 Å². The van der Waals surface area contributed by atoms with E-state index < -0.39 is 5.91 Å². The van der Waals surface area contributed by atoms with Gasteiger partial charge in [0.05, 0.1) is 41.9 Å². The minimum atomic E-state index is -0.437. The number of anilines is 2. The van der Waals surface area contributed by atoms with Crippen molar-refractivity contribution in [2.24, 2.45) is 0 Å². The number of nitrogens with zero attached hydrogens (tertiary/aromatic N) is 2. The molecule has 1 heterocycles. The lowest BCUT2D eigenvalue weighted by molar-refractivity contribution is -0.122. The number of halogens is 1. The summed E-state index contributed by atoms with van der Waals surface area (Å²) in [5.41, 5.74) is 6.68. The van der Waals surface area contributed by atoms with Crippen LogP contribution in [-0.4, -0.2) is 49.0 Å². The van der Waals surface area contributed by atoms with Crippen LogP contribution in [0.2, 0.25) is 5.02 Å². The lowest BCUT2D eigenvalue weighted by atomic mass is 10.1. The molecule has 0 fully saturated rings. The van der Waals surface area contributed by atoms with Crippen LogP contribution in [-0.2, 0) is 16.1 Å². The van der Waals surface area contributed by atoms with Gasteiger partial charge in [-0.3, -0.25) is 14.3 Å². The van der Waals surface area contributed by atoms with Gasteiger partial charge < -0.3 is 25.8 Å². The molecule has 0 aliphatic rings. The van der Waals surface area contributed by atoms with Crippen molar-refractivity contribution in [1.29, 1.82) is 0 Å². The number of nitrogens with one attached hydrogen (secondary N) is 2. The molecule has 0 aliphatic heterocycles. The van der Waals surface area contributed by atoms with Gasteiger partial charge in [0.25, 0.3) is 5.91 Å². The number of carbonyl (C=O) groups excluding carboxylic acids is 2. The largest absolute Gasteiger partial charge is 0.496 e. The Kier molecular flexibility index (Phi) is 6.81. The van der Waals surface area contributed by atoms with E-state index in [9.17, 15) is 9.59 Å². The van der Waals surface area contributed by atoms with Crippen LogP contribution in [0, 0.1) is 0 Å². The molecule has 1 aromatic carbocycles. The van der Waals surface area contributed by atoms with Crippen LogP contribution < -0.4 is 21.1 Å². The van der Waals surface area contributed by atoms with Gasteiger partial charge >= 0.3 is 0 Å². The van der Waals surface area contributed by atoms with E-state index in [0.29, 0.717) is 30.3 Å². The number of benzene rings is 1. The number of nitrogen functional groups attached to an aromatic ring is 1. The van der Waals surface area contributed by atoms with E-state index in [2.05, 4.69) is 15.7 Å². The van der Waals surface area contributed by atoms with Gasteiger partial charge in [-0.25, -0.2) is 0 Å². The minimum absolute atomic E-state index is 0.0244. The molecule has 2 amide bonds. The Morgan fingerprint density at radius 1 is 1.35 bits per heavy atom. The average molecular weight is 382 g/mol. The Bertz CT molecular complexity index is 793. The third kappa shape index (κ3) is 5.11. The number of amides is 2. The summed E-state index contributed by atoms with van der Waals surface area (Å²) in [6, 6.07) is 2.91. The molecular weight excluding hydrogens is 362 g/mol. The van der Waals surface area contributed by atoms with E-state index >= 15 is 0 Å². The molecule has 9 nitrogen and oxygen atoms in total. The summed E-state index contributed by atoms with van der Waals surface area (Å²) in [5.74, 6) is -0.350. The summed E-state index contributed by atoms with van der Waals surface area (Å²) in [6.07, 6.45) is 2.98. The van der Waals surface area contributed by atoms with Gasteiger partial charge in [-0.2, -0.15) is 5.10 Å². The molecule has 2 aromatic rings. The van der Waals surface area contributed by atoms with Crippen LogP contribution in [0.3, 0.4) is 0 Å². The van der Waals surface area contributed by atoms with E-state index in [1.54, 1.807) is 13.3 Å². The number of nitrogens with two attached hydrogens (primary N) is 1. The first-order valence-corrected chi connectivity index (χ1v) is 8.04. The Morgan fingerprint density at radius 2 is 2.12 bits per heavy atom. The topological polar surface area (TPSA) is 120 Å². The number of ether oxygens (including phenoxy) is 2. The van der Waals surface area contributed by atoms with Gasteiger partial charge in [-0.15, -0.1) is 0 Å². The number of rotatable bonds is 8. The molecule has 0 spiro atoms. The summed E-state index contributed by atoms with van der Waals surface area (Å²) in [7, 11) is 2.98. The lowest BCUT2D eigenvalue weighted by Gasteiger charge is -2.10. The first-order chi connectivity index (χ1) is 12.4. The van der Waals surface area contributed by atoms with Crippen molar-refractivity contribution < 1.29 is 19.1 Å². The third-order valence-electron chi connectivity index (χ3n) is 3.39. The molecule has 140 valence electrons. The summed E-state index contributed by atoms with van der Waals surface area (Å²) < 4.78 is 11.4. The highest BCUT2D eigenvalue weighted by Crippen LogP contribution is 2.29. The monoisotopic (exact) mass is 381 g/mol. The normalized spacial score (nSPS) is 10.4. The lowest BCUT2D eigenvalue weighted by Crippen LogP contribution is -2.30. The fraction of sp³-hybridized carbons (Fsp3) is 0.312. The first kappa shape index (κ1) is 19.5. The number of hydrogen-bond donors (Lipinski definition) is 3. The molecular formula is C16H20ClN5O4. The van der Waals surface area contributed by atoms with Crippen LogP contribution in [0.25, 0.3) is 0 Å². The van der Waals surface area contributed by atoms with Gasteiger partial charge in [-0.1, -0.05) is 11.6 Å². The predicted octanol–water partition coefficient (Wildman–Crippen LogP) is 1.14. The Labute approximate surface area is 155 Å². The molecule has 0 atom stereocenters. The highest BCUT2D eigenvalue weighted by molar-refractivity contribution is 6.33. The molecule has 1 aromatic heterocycles. The maximum absolute atomic E-state index is 12.4. The third-order valence-corrected chi connectivity index (χ3v) is 3.72. The van der Waals surface area contributed by atoms with Crippen molar-refractivity contribution in [3.63, 3.8) is 0 Å². The zero-order valence-electron chi connectivity index (χ0n) is 14.4. The van der Waals surface area contributed by atoms with Gasteiger partial charge in [0, 0.05) is 25.9 Å². The van der Waals surface area contributed by atoms with Gasteiger partial charge in [-0.05, 0) is 6.07 Å². The highest BCUT2D eigenvalue weighted by Gasteiger charge is 2.16.